The van der Waals surface area contributed by atoms with Crippen LogP contribution in [0.1, 0.15) is 27.8 Å². The standard InChI is InChI=1S/C21H13F5O/c22-16-15(17(23)19(25)20(26)18(16)24)21(27)13-7-3-1-5-11(13)9-10-12-6-2-4-8-14(12)21/h1-8,27H,9-10H2. The van der Waals surface area contributed by atoms with E-state index in [9.17, 15) is 27.1 Å². The molecular formula is C21H13F5O. The summed E-state index contributed by atoms with van der Waals surface area (Å²) in [6, 6.07) is 12.7. The average Bonchev–Trinajstić information content (AvgIpc) is 2.81. The molecule has 0 saturated heterocycles. The minimum atomic E-state index is -2.52. The highest BCUT2D eigenvalue weighted by atomic mass is 19.2. The lowest BCUT2D eigenvalue weighted by Crippen LogP contribution is -2.34. The van der Waals surface area contributed by atoms with Crippen molar-refractivity contribution in [3.8, 4) is 0 Å². The molecule has 3 aromatic carbocycles. The molecule has 4 rings (SSSR count). The van der Waals surface area contributed by atoms with E-state index in [-0.39, 0.29) is 11.1 Å². The van der Waals surface area contributed by atoms with Crippen LogP contribution in [-0.2, 0) is 18.4 Å². The highest BCUT2D eigenvalue weighted by molar-refractivity contribution is 5.55. The van der Waals surface area contributed by atoms with Gasteiger partial charge in [0.05, 0.1) is 5.56 Å². The van der Waals surface area contributed by atoms with Gasteiger partial charge < -0.3 is 5.11 Å². The Morgan fingerprint density at radius 3 is 1.41 bits per heavy atom. The van der Waals surface area contributed by atoms with Gasteiger partial charge in [-0.15, -0.1) is 0 Å². The smallest absolute Gasteiger partial charge is 0.200 e. The molecule has 0 atom stereocenters. The monoisotopic (exact) mass is 376 g/mol. The first-order chi connectivity index (χ1) is 12.9. The minimum Gasteiger partial charge on any atom is -0.376 e. The van der Waals surface area contributed by atoms with Crippen LogP contribution in [0.5, 0.6) is 0 Å². The van der Waals surface area contributed by atoms with Crippen LogP contribution in [-0.4, -0.2) is 5.11 Å². The van der Waals surface area contributed by atoms with E-state index in [0.29, 0.717) is 24.0 Å². The average molecular weight is 376 g/mol. The molecule has 0 spiro atoms. The van der Waals surface area contributed by atoms with Crippen molar-refractivity contribution in [2.75, 3.05) is 0 Å². The van der Waals surface area contributed by atoms with Crippen molar-refractivity contribution in [2.24, 2.45) is 0 Å². The molecule has 6 heteroatoms. The van der Waals surface area contributed by atoms with Crippen LogP contribution >= 0.6 is 0 Å². The van der Waals surface area contributed by atoms with E-state index in [1.807, 2.05) is 0 Å². The molecule has 138 valence electrons. The molecule has 0 aliphatic heterocycles. The predicted molar refractivity (Wildman–Crippen MR) is 88.6 cm³/mol. The highest BCUT2D eigenvalue weighted by Gasteiger charge is 2.45. The molecule has 0 amide bonds. The van der Waals surface area contributed by atoms with Crippen molar-refractivity contribution in [1.29, 1.82) is 0 Å². The fraction of sp³-hybridized carbons (Fsp3) is 0.143. The number of rotatable bonds is 1. The summed E-state index contributed by atoms with van der Waals surface area (Å²) < 4.78 is 70.7. The zero-order valence-corrected chi connectivity index (χ0v) is 13.9. The second-order valence-corrected chi connectivity index (χ2v) is 6.47. The van der Waals surface area contributed by atoms with Gasteiger partial charge in [0.15, 0.2) is 23.3 Å². The molecule has 3 aromatic rings. The van der Waals surface area contributed by atoms with Crippen LogP contribution in [0.15, 0.2) is 48.5 Å². The maximum Gasteiger partial charge on any atom is 0.200 e. The number of benzene rings is 3. The van der Waals surface area contributed by atoms with Gasteiger partial charge in [-0.25, -0.2) is 22.0 Å². The normalized spacial score (nSPS) is 15.0. The van der Waals surface area contributed by atoms with Crippen molar-refractivity contribution < 1.29 is 27.1 Å². The molecule has 0 aromatic heterocycles. The van der Waals surface area contributed by atoms with E-state index in [4.69, 9.17) is 0 Å². The lowest BCUT2D eigenvalue weighted by atomic mass is 9.77. The van der Waals surface area contributed by atoms with Crippen LogP contribution in [0, 0.1) is 29.1 Å². The van der Waals surface area contributed by atoms with Crippen molar-refractivity contribution in [1.82, 2.24) is 0 Å². The summed E-state index contributed by atoms with van der Waals surface area (Å²) in [6.45, 7) is 0. The molecule has 0 heterocycles. The largest absolute Gasteiger partial charge is 0.376 e. The Hall–Kier alpha value is -2.73. The summed E-state index contributed by atoms with van der Waals surface area (Å²) in [5.74, 6) is -10.5. The molecule has 0 fully saturated rings. The number of aliphatic hydroxyl groups is 1. The third kappa shape index (κ3) is 2.40. The lowest BCUT2D eigenvalue weighted by Gasteiger charge is -2.32. The Morgan fingerprint density at radius 1 is 0.593 bits per heavy atom. The molecule has 27 heavy (non-hydrogen) atoms. The van der Waals surface area contributed by atoms with Gasteiger partial charge in [-0.1, -0.05) is 48.5 Å². The first kappa shape index (κ1) is 17.7. The SMILES string of the molecule is OC1(c2c(F)c(F)c(F)c(F)c2F)c2ccccc2CCc2ccccc21. The quantitative estimate of drug-likeness (QED) is 0.369. The number of halogens is 5. The first-order valence-corrected chi connectivity index (χ1v) is 8.28. The zero-order valence-electron chi connectivity index (χ0n) is 13.9. The molecule has 1 aliphatic carbocycles. The minimum absolute atomic E-state index is 0.0955. The van der Waals surface area contributed by atoms with Crippen LogP contribution in [0.25, 0.3) is 0 Å². The topological polar surface area (TPSA) is 20.2 Å². The molecular weight excluding hydrogens is 363 g/mol. The van der Waals surface area contributed by atoms with Crippen LogP contribution < -0.4 is 0 Å². The number of hydrogen-bond acceptors (Lipinski definition) is 1. The lowest BCUT2D eigenvalue weighted by molar-refractivity contribution is 0.112. The van der Waals surface area contributed by atoms with E-state index in [1.54, 1.807) is 36.4 Å². The van der Waals surface area contributed by atoms with Gasteiger partial charge in [0.1, 0.15) is 5.60 Å². The number of fused-ring (bicyclic) bond motifs is 2. The van der Waals surface area contributed by atoms with Gasteiger partial charge in [-0.2, -0.15) is 0 Å². The zero-order chi connectivity index (χ0) is 19.3. The van der Waals surface area contributed by atoms with Crippen LogP contribution in [0.4, 0.5) is 22.0 Å². The summed E-state index contributed by atoms with van der Waals surface area (Å²) in [7, 11) is 0. The van der Waals surface area contributed by atoms with Crippen LogP contribution in [0.3, 0.4) is 0 Å². The second kappa shape index (κ2) is 6.16. The summed E-state index contributed by atoms with van der Waals surface area (Å²) >= 11 is 0. The van der Waals surface area contributed by atoms with Gasteiger partial charge in [0, 0.05) is 0 Å². The Bertz CT molecular complexity index is 984. The summed E-state index contributed by atoms with van der Waals surface area (Å²) in [6.07, 6.45) is 0.899. The molecule has 1 N–H and O–H groups in total. The predicted octanol–water partition coefficient (Wildman–Crippen LogP) is 4.76. The summed E-state index contributed by atoms with van der Waals surface area (Å²) in [5, 5.41) is 11.6. The van der Waals surface area contributed by atoms with Crippen LogP contribution in [0.2, 0.25) is 0 Å². The molecule has 1 aliphatic rings. The third-order valence-electron chi connectivity index (χ3n) is 5.05. The Labute approximate surface area is 151 Å². The Balaban J connectivity index is 2.18. The van der Waals surface area contributed by atoms with Gasteiger partial charge in [-0.05, 0) is 35.1 Å². The van der Waals surface area contributed by atoms with Crippen molar-refractivity contribution in [2.45, 2.75) is 18.4 Å². The fourth-order valence-corrected chi connectivity index (χ4v) is 3.79. The van der Waals surface area contributed by atoms with E-state index in [0.717, 1.165) is 0 Å². The Morgan fingerprint density at radius 2 is 0.963 bits per heavy atom. The molecule has 0 radical (unpaired) electrons. The van der Waals surface area contributed by atoms with Crippen molar-refractivity contribution in [3.63, 3.8) is 0 Å². The highest BCUT2D eigenvalue weighted by Crippen LogP contribution is 2.45. The van der Waals surface area contributed by atoms with E-state index < -0.39 is 40.3 Å². The maximum atomic E-state index is 14.7. The summed E-state index contributed by atoms with van der Waals surface area (Å²) in [5.41, 5.74) is -2.45. The summed E-state index contributed by atoms with van der Waals surface area (Å²) in [4.78, 5) is 0. The molecule has 0 unspecified atom stereocenters. The third-order valence-corrected chi connectivity index (χ3v) is 5.05. The van der Waals surface area contributed by atoms with Crippen molar-refractivity contribution in [3.05, 3.63) is 105 Å². The van der Waals surface area contributed by atoms with Crippen molar-refractivity contribution >= 4 is 0 Å². The van der Waals surface area contributed by atoms with Gasteiger partial charge in [-0.3, -0.25) is 0 Å². The Kier molecular flexibility index (Phi) is 4.03. The van der Waals surface area contributed by atoms with E-state index >= 15 is 0 Å². The van der Waals surface area contributed by atoms with Gasteiger partial charge in [0.2, 0.25) is 5.82 Å². The van der Waals surface area contributed by atoms with E-state index in [1.165, 1.54) is 12.1 Å². The molecule has 1 nitrogen and oxygen atoms in total. The number of aryl methyl sites for hydroxylation is 2. The fourth-order valence-electron chi connectivity index (χ4n) is 3.79. The second-order valence-electron chi connectivity index (χ2n) is 6.47. The molecule has 0 bridgehead atoms. The van der Waals surface area contributed by atoms with Gasteiger partial charge >= 0.3 is 0 Å². The van der Waals surface area contributed by atoms with E-state index in [2.05, 4.69) is 0 Å². The first-order valence-electron chi connectivity index (χ1n) is 8.28. The molecule has 0 saturated carbocycles. The van der Waals surface area contributed by atoms with Gasteiger partial charge in [0.25, 0.3) is 0 Å². The number of hydrogen-bond donors (Lipinski definition) is 1. The maximum absolute atomic E-state index is 14.7.